The van der Waals surface area contributed by atoms with Gasteiger partial charge in [-0.25, -0.2) is 0 Å². The minimum absolute atomic E-state index is 0.138. The maximum absolute atomic E-state index is 11.9. The Labute approximate surface area is 103 Å². The van der Waals surface area contributed by atoms with Crippen LogP contribution in [0.1, 0.15) is 34.1 Å². The lowest BCUT2D eigenvalue weighted by atomic mass is 10.2. The van der Waals surface area contributed by atoms with E-state index in [0.717, 1.165) is 0 Å². The third kappa shape index (κ3) is 7.98. The Balaban J connectivity index is 4.05. The summed E-state index contributed by atoms with van der Waals surface area (Å²) in [5.74, 6) is -0.475. The summed E-state index contributed by atoms with van der Waals surface area (Å²) in [6, 6.07) is 0. The second-order valence-electron chi connectivity index (χ2n) is 4.44. The van der Waals surface area contributed by atoms with Crippen LogP contribution in [0, 0.1) is 0 Å². The van der Waals surface area contributed by atoms with E-state index in [1.807, 2.05) is 0 Å². The molecular weight excluding hydrogens is 286 g/mol. The molecule has 0 saturated heterocycles. The first-order valence-corrected chi connectivity index (χ1v) is 5.84. The normalized spacial score (nSPS) is 16.0. The van der Waals surface area contributed by atoms with E-state index >= 15 is 0 Å². The standard InChI is InChI=1S/C10H17BrF2O3/c1-6(15-9(12)13)5-7(11)8(14)16-10(2,3)4/h6-7,9H,5H2,1-4H3/t6-,7?/m1/s1. The molecule has 0 aliphatic heterocycles. The van der Waals surface area contributed by atoms with Gasteiger partial charge in [-0.05, 0) is 34.1 Å². The fraction of sp³-hybridized carbons (Fsp3) is 0.900. The Bertz CT molecular complexity index is 229. The van der Waals surface area contributed by atoms with Gasteiger partial charge in [0, 0.05) is 0 Å². The lowest BCUT2D eigenvalue weighted by molar-refractivity contribution is -0.166. The summed E-state index contributed by atoms with van der Waals surface area (Å²) in [6.45, 7) is 3.87. The van der Waals surface area contributed by atoms with Crippen molar-refractivity contribution in [2.75, 3.05) is 0 Å². The van der Waals surface area contributed by atoms with Crippen molar-refractivity contribution in [2.45, 2.75) is 57.3 Å². The van der Waals surface area contributed by atoms with Crippen LogP contribution in [0.25, 0.3) is 0 Å². The molecule has 0 aliphatic rings. The monoisotopic (exact) mass is 302 g/mol. The van der Waals surface area contributed by atoms with Gasteiger partial charge in [0.25, 0.3) is 0 Å². The van der Waals surface area contributed by atoms with Gasteiger partial charge >= 0.3 is 12.6 Å². The van der Waals surface area contributed by atoms with Crippen molar-refractivity contribution in [1.29, 1.82) is 0 Å². The Kier molecular flexibility index (Phi) is 6.40. The zero-order chi connectivity index (χ0) is 12.9. The number of hydrogen-bond acceptors (Lipinski definition) is 3. The van der Waals surface area contributed by atoms with Crippen molar-refractivity contribution in [2.24, 2.45) is 0 Å². The van der Waals surface area contributed by atoms with Crippen molar-refractivity contribution in [1.82, 2.24) is 0 Å². The SMILES string of the molecule is C[C@H](CC(Br)C(=O)OC(C)(C)C)OC(F)F. The van der Waals surface area contributed by atoms with E-state index in [1.54, 1.807) is 20.8 Å². The van der Waals surface area contributed by atoms with Gasteiger partial charge in [0.05, 0.1) is 6.10 Å². The van der Waals surface area contributed by atoms with Crippen LogP contribution in [-0.2, 0) is 14.3 Å². The third-order valence-electron chi connectivity index (χ3n) is 1.54. The van der Waals surface area contributed by atoms with Crippen LogP contribution in [0.4, 0.5) is 8.78 Å². The van der Waals surface area contributed by atoms with Crippen LogP contribution in [0.3, 0.4) is 0 Å². The van der Waals surface area contributed by atoms with E-state index in [9.17, 15) is 13.6 Å². The molecule has 0 rings (SSSR count). The van der Waals surface area contributed by atoms with Gasteiger partial charge in [0.1, 0.15) is 10.4 Å². The lowest BCUT2D eigenvalue weighted by Gasteiger charge is -2.22. The molecule has 0 bridgehead atoms. The summed E-state index contributed by atoms with van der Waals surface area (Å²) in [5, 5.41) is 0. The maximum Gasteiger partial charge on any atom is 0.345 e. The number of carbonyl (C=O) groups is 1. The number of esters is 1. The van der Waals surface area contributed by atoms with E-state index in [2.05, 4.69) is 20.7 Å². The van der Waals surface area contributed by atoms with Gasteiger partial charge < -0.3 is 9.47 Å². The van der Waals surface area contributed by atoms with E-state index in [-0.39, 0.29) is 6.42 Å². The van der Waals surface area contributed by atoms with Gasteiger partial charge in [0.15, 0.2) is 0 Å². The smallest absolute Gasteiger partial charge is 0.345 e. The molecule has 0 aliphatic carbocycles. The molecule has 0 radical (unpaired) electrons. The first kappa shape index (κ1) is 15.8. The minimum Gasteiger partial charge on any atom is -0.459 e. The fourth-order valence-corrected chi connectivity index (χ4v) is 1.60. The molecule has 0 spiro atoms. The predicted molar refractivity (Wildman–Crippen MR) is 59.7 cm³/mol. The summed E-state index contributed by atoms with van der Waals surface area (Å²) in [7, 11) is 0. The minimum atomic E-state index is -2.83. The average Bonchev–Trinajstić information content (AvgIpc) is 1.98. The van der Waals surface area contributed by atoms with Crippen LogP contribution < -0.4 is 0 Å². The fourth-order valence-electron chi connectivity index (χ4n) is 0.985. The Morgan fingerprint density at radius 1 is 1.38 bits per heavy atom. The molecule has 0 saturated carbocycles. The maximum atomic E-state index is 11.9. The topological polar surface area (TPSA) is 35.5 Å². The highest BCUT2D eigenvalue weighted by Crippen LogP contribution is 2.18. The molecule has 2 atom stereocenters. The summed E-state index contributed by atoms with van der Waals surface area (Å²) in [5.41, 5.74) is -0.587. The summed E-state index contributed by atoms with van der Waals surface area (Å²) in [6.07, 6.45) is -0.573. The molecule has 0 aromatic carbocycles. The first-order chi connectivity index (χ1) is 7.11. The number of halogens is 3. The molecular formula is C10H17BrF2O3. The quantitative estimate of drug-likeness (QED) is 0.578. The van der Waals surface area contributed by atoms with Crippen LogP contribution in [-0.4, -0.2) is 29.1 Å². The van der Waals surface area contributed by atoms with Gasteiger partial charge in [-0.3, -0.25) is 4.79 Å². The van der Waals surface area contributed by atoms with E-state index in [1.165, 1.54) is 6.92 Å². The highest BCUT2D eigenvalue weighted by atomic mass is 79.9. The molecule has 0 heterocycles. The molecule has 3 nitrogen and oxygen atoms in total. The van der Waals surface area contributed by atoms with Crippen molar-refractivity contribution < 1.29 is 23.0 Å². The van der Waals surface area contributed by atoms with Gasteiger partial charge in [-0.2, -0.15) is 8.78 Å². The Morgan fingerprint density at radius 3 is 2.25 bits per heavy atom. The predicted octanol–water partition coefficient (Wildman–Crippen LogP) is 3.11. The highest BCUT2D eigenvalue weighted by Gasteiger charge is 2.25. The second kappa shape index (κ2) is 6.49. The van der Waals surface area contributed by atoms with Crippen LogP contribution in [0.15, 0.2) is 0 Å². The van der Waals surface area contributed by atoms with Crippen molar-refractivity contribution in [3.8, 4) is 0 Å². The Morgan fingerprint density at radius 2 is 1.88 bits per heavy atom. The highest BCUT2D eigenvalue weighted by molar-refractivity contribution is 9.10. The summed E-state index contributed by atoms with van der Waals surface area (Å²) < 4.78 is 33.0. The number of ether oxygens (including phenoxy) is 2. The molecule has 0 aromatic heterocycles. The van der Waals surface area contributed by atoms with Crippen molar-refractivity contribution in [3.63, 3.8) is 0 Å². The Hall–Kier alpha value is -0.230. The van der Waals surface area contributed by atoms with Crippen LogP contribution in [0.2, 0.25) is 0 Å². The molecule has 0 amide bonds. The number of carbonyl (C=O) groups excluding carboxylic acids is 1. The zero-order valence-electron chi connectivity index (χ0n) is 9.80. The molecule has 0 N–H and O–H groups in total. The van der Waals surface area contributed by atoms with E-state index < -0.39 is 29.1 Å². The van der Waals surface area contributed by atoms with Crippen LogP contribution in [0.5, 0.6) is 0 Å². The molecule has 16 heavy (non-hydrogen) atoms. The summed E-state index contributed by atoms with van der Waals surface area (Å²) in [4.78, 5) is 10.8. The van der Waals surface area contributed by atoms with Gasteiger partial charge in [0.2, 0.25) is 0 Å². The number of hydrogen-bond donors (Lipinski definition) is 0. The zero-order valence-corrected chi connectivity index (χ0v) is 11.4. The van der Waals surface area contributed by atoms with Crippen molar-refractivity contribution in [3.05, 3.63) is 0 Å². The average molecular weight is 303 g/mol. The molecule has 96 valence electrons. The van der Waals surface area contributed by atoms with Gasteiger partial charge in [-0.1, -0.05) is 15.9 Å². The largest absolute Gasteiger partial charge is 0.459 e. The van der Waals surface area contributed by atoms with Gasteiger partial charge in [-0.15, -0.1) is 0 Å². The molecule has 6 heteroatoms. The number of alkyl halides is 3. The lowest BCUT2D eigenvalue weighted by Crippen LogP contribution is -2.31. The number of rotatable bonds is 5. The van der Waals surface area contributed by atoms with E-state index in [4.69, 9.17) is 4.74 Å². The second-order valence-corrected chi connectivity index (χ2v) is 5.55. The van der Waals surface area contributed by atoms with E-state index in [0.29, 0.717) is 0 Å². The molecule has 1 unspecified atom stereocenters. The third-order valence-corrected chi connectivity index (χ3v) is 2.28. The van der Waals surface area contributed by atoms with Crippen LogP contribution >= 0.6 is 15.9 Å². The summed E-state index contributed by atoms with van der Waals surface area (Å²) >= 11 is 3.09. The first-order valence-electron chi connectivity index (χ1n) is 4.92. The molecule has 0 aromatic rings. The molecule has 0 fully saturated rings. The van der Waals surface area contributed by atoms with Crippen molar-refractivity contribution >= 4 is 21.9 Å².